The Balaban J connectivity index is 2.93. The molecule has 17 heavy (non-hydrogen) atoms. The Morgan fingerprint density at radius 3 is 2.71 bits per heavy atom. The normalized spacial score (nSPS) is 12.0. The molecule has 4 nitrogen and oxygen atoms in total. The molecule has 1 aromatic rings. The van der Waals surface area contributed by atoms with Gasteiger partial charge in [0, 0.05) is 24.0 Å². The van der Waals surface area contributed by atoms with Gasteiger partial charge in [-0.1, -0.05) is 15.9 Å². The molecule has 1 rings (SSSR count). The lowest BCUT2D eigenvalue weighted by molar-refractivity contribution is 0.0757. The molecular weight excluding hydrogens is 286 g/mol. The molecule has 0 aromatic heterocycles. The van der Waals surface area contributed by atoms with E-state index in [0.717, 1.165) is 0 Å². The molecule has 0 heterocycles. The van der Waals surface area contributed by atoms with Gasteiger partial charge >= 0.3 is 0 Å². The number of carbonyl (C=O) groups excluding carboxylic acids is 1. The highest BCUT2D eigenvalue weighted by Crippen LogP contribution is 2.26. The Kier molecular flexibility index (Phi) is 4.81. The van der Waals surface area contributed by atoms with E-state index in [0.29, 0.717) is 16.6 Å². The molecule has 1 aromatic carbocycles. The highest BCUT2D eigenvalue weighted by molar-refractivity contribution is 9.09. The molecule has 0 radical (unpaired) electrons. The third-order valence-electron chi connectivity index (χ3n) is 2.63. The standard InChI is InChI=1S/C12H16BrNO3/c1-8(7-13)14(2)12(16)9-4-5-11(17-3)10(15)6-9/h4-6,8,15H,7H2,1-3H3. The Bertz CT molecular complexity index is 409. The first kappa shape index (κ1) is 13.8. The molecule has 94 valence electrons. The van der Waals surface area contributed by atoms with Gasteiger partial charge in [0.1, 0.15) is 0 Å². The van der Waals surface area contributed by atoms with E-state index in [2.05, 4.69) is 15.9 Å². The lowest BCUT2D eigenvalue weighted by Gasteiger charge is -2.23. The van der Waals surface area contributed by atoms with Gasteiger partial charge in [-0.2, -0.15) is 0 Å². The van der Waals surface area contributed by atoms with Gasteiger partial charge in [-0.15, -0.1) is 0 Å². The van der Waals surface area contributed by atoms with Crippen molar-refractivity contribution in [2.24, 2.45) is 0 Å². The summed E-state index contributed by atoms with van der Waals surface area (Å²) < 4.78 is 4.93. The number of methoxy groups -OCH3 is 1. The first-order chi connectivity index (χ1) is 8.01. The minimum absolute atomic E-state index is 0.0294. The zero-order chi connectivity index (χ0) is 13.0. The van der Waals surface area contributed by atoms with Crippen molar-refractivity contribution < 1.29 is 14.6 Å². The topological polar surface area (TPSA) is 49.8 Å². The van der Waals surface area contributed by atoms with E-state index in [-0.39, 0.29) is 17.7 Å². The zero-order valence-electron chi connectivity index (χ0n) is 10.1. The Morgan fingerprint density at radius 2 is 2.24 bits per heavy atom. The number of carbonyl (C=O) groups is 1. The monoisotopic (exact) mass is 301 g/mol. The molecule has 0 aliphatic rings. The van der Waals surface area contributed by atoms with Crippen LogP contribution in [0.15, 0.2) is 18.2 Å². The predicted molar refractivity (Wildman–Crippen MR) is 70.0 cm³/mol. The highest BCUT2D eigenvalue weighted by atomic mass is 79.9. The number of phenolic OH excluding ortho intramolecular Hbond substituents is 1. The number of halogens is 1. The third-order valence-corrected chi connectivity index (χ3v) is 3.57. The molecule has 1 amide bonds. The number of ether oxygens (including phenoxy) is 1. The maximum atomic E-state index is 12.1. The molecule has 0 aliphatic heterocycles. The minimum Gasteiger partial charge on any atom is -0.504 e. The van der Waals surface area contributed by atoms with Gasteiger partial charge in [-0.3, -0.25) is 4.79 Å². The summed E-state index contributed by atoms with van der Waals surface area (Å²) in [4.78, 5) is 13.7. The van der Waals surface area contributed by atoms with Crippen LogP contribution in [-0.2, 0) is 0 Å². The predicted octanol–water partition coefficient (Wildman–Crippen LogP) is 2.26. The smallest absolute Gasteiger partial charge is 0.254 e. The summed E-state index contributed by atoms with van der Waals surface area (Å²) in [6, 6.07) is 4.72. The second-order valence-corrected chi connectivity index (χ2v) is 4.45. The molecule has 5 heteroatoms. The number of hydrogen-bond acceptors (Lipinski definition) is 3. The summed E-state index contributed by atoms with van der Waals surface area (Å²) in [5, 5.41) is 10.3. The summed E-state index contributed by atoms with van der Waals surface area (Å²) in [7, 11) is 3.20. The van der Waals surface area contributed by atoms with Gasteiger partial charge in [0.05, 0.1) is 7.11 Å². The fourth-order valence-corrected chi connectivity index (χ4v) is 1.76. The van der Waals surface area contributed by atoms with Gasteiger partial charge in [0.2, 0.25) is 0 Å². The van der Waals surface area contributed by atoms with Crippen LogP contribution in [0.5, 0.6) is 11.5 Å². The van der Waals surface area contributed by atoms with E-state index in [9.17, 15) is 9.90 Å². The molecule has 0 bridgehead atoms. The van der Waals surface area contributed by atoms with Crippen molar-refractivity contribution in [3.05, 3.63) is 23.8 Å². The van der Waals surface area contributed by atoms with Crippen LogP contribution < -0.4 is 4.74 Å². The number of rotatable bonds is 4. The summed E-state index contributed by atoms with van der Waals surface area (Å²) in [6.07, 6.45) is 0. The first-order valence-electron chi connectivity index (χ1n) is 5.21. The Labute approximate surface area is 109 Å². The molecule has 0 aliphatic carbocycles. The number of benzene rings is 1. The number of nitrogens with zero attached hydrogens (tertiary/aromatic N) is 1. The Hall–Kier alpha value is -1.23. The molecule has 0 saturated carbocycles. The molecule has 1 atom stereocenters. The van der Waals surface area contributed by atoms with Crippen LogP contribution in [0.1, 0.15) is 17.3 Å². The van der Waals surface area contributed by atoms with Gasteiger partial charge < -0.3 is 14.7 Å². The van der Waals surface area contributed by atoms with Crippen molar-refractivity contribution in [1.82, 2.24) is 4.90 Å². The second kappa shape index (κ2) is 5.91. The van der Waals surface area contributed by atoms with E-state index >= 15 is 0 Å². The maximum absolute atomic E-state index is 12.1. The van der Waals surface area contributed by atoms with Gasteiger partial charge in [-0.25, -0.2) is 0 Å². The van der Waals surface area contributed by atoms with Gasteiger partial charge in [-0.05, 0) is 25.1 Å². The SMILES string of the molecule is COc1ccc(C(=O)N(C)C(C)CBr)cc1O. The number of aromatic hydroxyl groups is 1. The molecule has 0 spiro atoms. The summed E-state index contributed by atoms with van der Waals surface area (Å²) >= 11 is 3.33. The van der Waals surface area contributed by atoms with E-state index in [4.69, 9.17) is 4.74 Å². The third kappa shape index (κ3) is 3.12. The summed E-state index contributed by atoms with van der Waals surface area (Å²) in [6.45, 7) is 1.94. The molecule has 0 saturated heterocycles. The number of hydrogen-bond donors (Lipinski definition) is 1. The van der Waals surface area contributed by atoms with Crippen molar-refractivity contribution in [2.75, 3.05) is 19.5 Å². The number of amides is 1. The van der Waals surface area contributed by atoms with E-state index in [1.807, 2.05) is 6.92 Å². The summed E-state index contributed by atoms with van der Waals surface area (Å²) in [5.74, 6) is 0.200. The molecule has 1 N–H and O–H groups in total. The van der Waals surface area contributed by atoms with Crippen LogP contribution >= 0.6 is 15.9 Å². The van der Waals surface area contributed by atoms with Crippen LogP contribution in [0, 0.1) is 0 Å². The average Bonchev–Trinajstić information content (AvgIpc) is 2.35. The fraction of sp³-hybridized carbons (Fsp3) is 0.417. The quantitative estimate of drug-likeness (QED) is 0.868. The van der Waals surface area contributed by atoms with E-state index in [1.165, 1.54) is 13.2 Å². The lowest BCUT2D eigenvalue weighted by atomic mass is 10.1. The zero-order valence-corrected chi connectivity index (χ0v) is 11.7. The summed E-state index contributed by atoms with van der Waals surface area (Å²) in [5.41, 5.74) is 0.443. The highest BCUT2D eigenvalue weighted by Gasteiger charge is 2.17. The molecular formula is C12H16BrNO3. The molecule has 1 unspecified atom stereocenters. The van der Waals surface area contributed by atoms with Crippen LogP contribution in [-0.4, -0.2) is 41.4 Å². The van der Waals surface area contributed by atoms with Gasteiger partial charge in [0.25, 0.3) is 5.91 Å². The van der Waals surface area contributed by atoms with Crippen molar-refractivity contribution >= 4 is 21.8 Å². The molecule has 0 fully saturated rings. The Morgan fingerprint density at radius 1 is 1.59 bits per heavy atom. The average molecular weight is 302 g/mol. The van der Waals surface area contributed by atoms with Gasteiger partial charge in [0.15, 0.2) is 11.5 Å². The van der Waals surface area contributed by atoms with Crippen LogP contribution in [0.3, 0.4) is 0 Å². The van der Waals surface area contributed by atoms with Crippen molar-refractivity contribution in [3.8, 4) is 11.5 Å². The van der Waals surface area contributed by atoms with Crippen molar-refractivity contribution in [3.63, 3.8) is 0 Å². The number of phenols is 1. The largest absolute Gasteiger partial charge is 0.504 e. The first-order valence-corrected chi connectivity index (χ1v) is 6.33. The van der Waals surface area contributed by atoms with Crippen LogP contribution in [0.4, 0.5) is 0 Å². The van der Waals surface area contributed by atoms with Crippen molar-refractivity contribution in [1.29, 1.82) is 0 Å². The lowest BCUT2D eigenvalue weighted by Crippen LogP contribution is -2.36. The number of alkyl halides is 1. The minimum atomic E-state index is -0.130. The maximum Gasteiger partial charge on any atom is 0.254 e. The van der Waals surface area contributed by atoms with Crippen LogP contribution in [0.25, 0.3) is 0 Å². The second-order valence-electron chi connectivity index (χ2n) is 3.81. The fourth-order valence-electron chi connectivity index (χ4n) is 1.33. The van der Waals surface area contributed by atoms with Crippen molar-refractivity contribution in [2.45, 2.75) is 13.0 Å². The van der Waals surface area contributed by atoms with E-state index < -0.39 is 0 Å². The van der Waals surface area contributed by atoms with E-state index in [1.54, 1.807) is 24.1 Å². The van der Waals surface area contributed by atoms with Crippen LogP contribution in [0.2, 0.25) is 0 Å².